The molecule has 0 aliphatic rings. The van der Waals surface area contributed by atoms with E-state index in [1.807, 2.05) is 6.07 Å². The van der Waals surface area contributed by atoms with E-state index in [1.165, 1.54) is 6.42 Å². The molecule has 0 spiro atoms. The minimum Gasteiger partial charge on any atom is -0.308 e. The summed E-state index contributed by atoms with van der Waals surface area (Å²) in [5, 5.41) is 0. The molecule has 1 rings (SSSR count). The zero-order valence-corrected chi connectivity index (χ0v) is 10.4. The maximum absolute atomic E-state index is 5.42. The van der Waals surface area contributed by atoms with Gasteiger partial charge in [0.25, 0.3) is 0 Å². The Balaban J connectivity index is 2.58. The molecule has 1 heterocycles. The van der Waals surface area contributed by atoms with Gasteiger partial charge in [-0.2, -0.15) is 0 Å². The summed E-state index contributed by atoms with van der Waals surface area (Å²) in [5.41, 5.74) is 3.77. The number of nitrogens with two attached hydrogens (primary N) is 1. The SMILES string of the molecule is CCC(C)CN(C)Cc1cccnc1NN. The first-order valence-corrected chi connectivity index (χ1v) is 5.76. The molecular formula is C12H22N4. The highest BCUT2D eigenvalue weighted by Gasteiger charge is 2.08. The molecule has 0 aromatic carbocycles. The lowest BCUT2D eigenvalue weighted by molar-refractivity contribution is 0.275. The molecule has 3 N–H and O–H groups in total. The summed E-state index contributed by atoms with van der Waals surface area (Å²) in [6.07, 6.45) is 2.95. The van der Waals surface area contributed by atoms with Crippen LogP contribution in [0.1, 0.15) is 25.8 Å². The van der Waals surface area contributed by atoms with Gasteiger partial charge in [0.15, 0.2) is 0 Å². The van der Waals surface area contributed by atoms with Crippen LogP contribution >= 0.6 is 0 Å². The van der Waals surface area contributed by atoms with Crippen LogP contribution in [0.2, 0.25) is 0 Å². The third-order valence-corrected chi connectivity index (χ3v) is 2.79. The Morgan fingerprint density at radius 2 is 2.31 bits per heavy atom. The molecule has 1 aromatic heterocycles. The van der Waals surface area contributed by atoms with E-state index in [-0.39, 0.29) is 0 Å². The van der Waals surface area contributed by atoms with Crippen LogP contribution in [-0.2, 0) is 6.54 Å². The number of nitrogens with zero attached hydrogens (tertiary/aromatic N) is 2. The first-order valence-electron chi connectivity index (χ1n) is 5.76. The number of nitrogen functional groups attached to an aromatic ring is 1. The molecule has 0 radical (unpaired) electrons. The van der Waals surface area contributed by atoms with Gasteiger partial charge >= 0.3 is 0 Å². The molecule has 0 saturated heterocycles. The third kappa shape index (κ3) is 3.79. The Morgan fingerprint density at radius 3 is 2.94 bits per heavy atom. The van der Waals surface area contributed by atoms with Crippen LogP contribution in [0.25, 0.3) is 0 Å². The molecule has 0 amide bonds. The third-order valence-electron chi connectivity index (χ3n) is 2.79. The van der Waals surface area contributed by atoms with Gasteiger partial charge in [-0.1, -0.05) is 26.3 Å². The topological polar surface area (TPSA) is 54.2 Å². The fraction of sp³-hybridized carbons (Fsp3) is 0.583. The van der Waals surface area contributed by atoms with E-state index in [9.17, 15) is 0 Å². The molecule has 1 unspecified atom stereocenters. The van der Waals surface area contributed by atoms with E-state index in [4.69, 9.17) is 5.84 Å². The van der Waals surface area contributed by atoms with Crippen molar-refractivity contribution in [3.8, 4) is 0 Å². The van der Waals surface area contributed by atoms with E-state index < -0.39 is 0 Å². The lowest BCUT2D eigenvalue weighted by Gasteiger charge is -2.21. The van der Waals surface area contributed by atoms with Gasteiger partial charge in [-0.25, -0.2) is 10.8 Å². The molecule has 4 nitrogen and oxygen atoms in total. The Kier molecular flexibility index (Phi) is 5.22. The predicted molar refractivity (Wildman–Crippen MR) is 67.8 cm³/mol. The van der Waals surface area contributed by atoms with Crippen LogP contribution in [0.5, 0.6) is 0 Å². The van der Waals surface area contributed by atoms with Crippen molar-refractivity contribution in [2.45, 2.75) is 26.8 Å². The van der Waals surface area contributed by atoms with Gasteiger partial charge in [-0.15, -0.1) is 0 Å². The van der Waals surface area contributed by atoms with Crippen LogP contribution < -0.4 is 11.3 Å². The van der Waals surface area contributed by atoms with E-state index in [2.05, 4.69) is 42.3 Å². The molecule has 16 heavy (non-hydrogen) atoms. The highest BCUT2D eigenvalue weighted by atomic mass is 15.3. The number of nitrogens with one attached hydrogen (secondary N) is 1. The number of rotatable bonds is 6. The second-order valence-electron chi connectivity index (χ2n) is 4.37. The van der Waals surface area contributed by atoms with Crippen LogP contribution in [0.4, 0.5) is 5.82 Å². The lowest BCUT2D eigenvalue weighted by atomic mass is 10.1. The van der Waals surface area contributed by atoms with E-state index in [0.29, 0.717) is 0 Å². The summed E-state index contributed by atoms with van der Waals surface area (Å²) >= 11 is 0. The Bertz CT molecular complexity index is 314. The fourth-order valence-corrected chi connectivity index (χ4v) is 1.71. The summed E-state index contributed by atoms with van der Waals surface area (Å²) in [5.74, 6) is 6.90. The molecule has 1 aromatic rings. The van der Waals surface area contributed by atoms with Gasteiger partial charge in [0.2, 0.25) is 0 Å². The smallest absolute Gasteiger partial charge is 0.144 e. The van der Waals surface area contributed by atoms with Crippen LogP contribution in [0.15, 0.2) is 18.3 Å². The van der Waals surface area contributed by atoms with Crippen LogP contribution in [0, 0.1) is 5.92 Å². The molecule has 0 saturated carbocycles. The second-order valence-corrected chi connectivity index (χ2v) is 4.37. The quantitative estimate of drug-likeness (QED) is 0.569. The number of hydrazine groups is 1. The van der Waals surface area contributed by atoms with Gasteiger partial charge in [-0.05, 0) is 19.0 Å². The molecule has 4 heteroatoms. The Morgan fingerprint density at radius 1 is 1.56 bits per heavy atom. The molecule has 0 fully saturated rings. The molecule has 1 atom stereocenters. The second kappa shape index (κ2) is 6.45. The number of pyridine rings is 1. The number of anilines is 1. The normalized spacial score (nSPS) is 12.8. The van der Waals surface area contributed by atoms with Gasteiger partial charge in [0, 0.05) is 24.8 Å². The maximum Gasteiger partial charge on any atom is 0.144 e. The van der Waals surface area contributed by atoms with Gasteiger partial charge < -0.3 is 10.3 Å². The molecular weight excluding hydrogens is 200 g/mol. The molecule has 90 valence electrons. The Labute approximate surface area is 97.8 Å². The zero-order chi connectivity index (χ0) is 12.0. The lowest BCUT2D eigenvalue weighted by Crippen LogP contribution is -2.24. The summed E-state index contributed by atoms with van der Waals surface area (Å²) in [7, 11) is 2.12. The summed E-state index contributed by atoms with van der Waals surface area (Å²) in [4.78, 5) is 6.48. The maximum atomic E-state index is 5.42. The van der Waals surface area contributed by atoms with Crippen molar-refractivity contribution < 1.29 is 0 Å². The zero-order valence-electron chi connectivity index (χ0n) is 10.4. The van der Waals surface area contributed by atoms with Gasteiger partial charge in [0.05, 0.1) is 0 Å². The molecule has 0 aliphatic carbocycles. The number of hydrogen-bond acceptors (Lipinski definition) is 4. The minimum absolute atomic E-state index is 0.718. The van der Waals surface area contributed by atoms with Crippen molar-refractivity contribution in [1.82, 2.24) is 9.88 Å². The van der Waals surface area contributed by atoms with Crippen molar-refractivity contribution in [1.29, 1.82) is 0 Å². The first-order chi connectivity index (χ1) is 7.67. The highest BCUT2D eigenvalue weighted by molar-refractivity contribution is 5.42. The number of aromatic nitrogens is 1. The Hall–Kier alpha value is -1.13. The van der Waals surface area contributed by atoms with E-state index in [1.54, 1.807) is 6.20 Å². The minimum atomic E-state index is 0.718. The molecule has 0 bridgehead atoms. The van der Waals surface area contributed by atoms with Crippen molar-refractivity contribution in [3.63, 3.8) is 0 Å². The van der Waals surface area contributed by atoms with Crippen molar-refractivity contribution in [3.05, 3.63) is 23.9 Å². The van der Waals surface area contributed by atoms with Crippen LogP contribution in [0.3, 0.4) is 0 Å². The summed E-state index contributed by atoms with van der Waals surface area (Å²) in [6.45, 7) is 6.45. The predicted octanol–water partition coefficient (Wildman–Crippen LogP) is 1.85. The van der Waals surface area contributed by atoms with Crippen molar-refractivity contribution in [2.75, 3.05) is 19.0 Å². The van der Waals surface area contributed by atoms with E-state index >= 15 is 0 Å². The summed E-state index contributed by atoms with van der Waals surface area (Å²) < 4.78 is 0. The monoisotopic (exact) mass is 222 g/mol. The van der Waals surface area contributed by atoms with Gasteiger partial charge in [-0.3, -0.25) is 0 Å². The summed E-state index contributed by atoms with van der Waals surface area (Å²) in [6, 6.07) is 3.99. The van der Waals surface area contributed by atoms with E-state index in [0.717, 1.165) is 30.4 Å². The average Bonchev–Trinajstić information content (AvgIpc) is 2.29. The van der Waals surface area contributed by atoms with Gasteiger partial charge in [0.1, 0.15) is 5.82 Å². The standard InChI is InChI=1S/C12H22N4/c1-4-10(2)8-16(3)9-11-6-5-7-14-12(11)15-13/h5-7,10H,4,8-9,13H2,1-3H3,(H,14,15). The highest BCUT2D eigenvalue weighted by Crippen LogP contribution is 2.13. The number of hydrogen-bond donors (Lipinski definition) is 2. The first kappa shape index (κ1) is 12.9. The molecule has 0 aliphatic heterocycles. The fourth-order valence-electron chi connectivity index (χ4n) is 1.71. The average molecular weight is 222 g/mol. The van der Waals surface area contributed by atoms with Crippen molar-refractivity contribution in [2.24, 2.45) is 11.8 Å². The van der Waals surface area contributed by atoms with Crippen molar-refractivity contribution >= 4 is 5.82 Å². The largest absolute Gasteiger partial charge is 0.308 e. The van der Waals surface area contributed by atoms with Crippen LogP contribution in [-0.4, -0.2) is 23.5 Å².